The monoisotopic (exact) mass is 472 g/mol. The Morgan fingerprint density at radius 2 is 1.79 bits per heavy atom. The number of halogens is 1. The highest BCUT2D eigenvalue weighted by Gasteiger charge is 2.22. The van der Waals surface area contributed by atoms with Crippen LogP contribution in [-0.2, 0) is 9.53 Å². The second-order valence-corrected chi connectivity index (χ2v) is 9.48. The molecule has 2 aromatic rings. The van der Waals surface area contributed by atoms with Gasteiger partial charge in [0.2, 0.25) is 5.91 Å². The van der Waals surface area contributed by atoms with Crippen molar-refractivity contribution in [2.24, 2.45) is 11.8 Å². The molecule has 0 bridgehead atoms. The van der Waals surface area contributed by atoms with Gasteiger partial charge in [0.05, 0.1) is 23.1 Å². The van der Waals surface area contributed by atoms with Crippen molar-refractivity contribution in [1.29, 1.82) is 0 Å². The lowest BCUT2D eigenvalue weighted by molar-refractivity contribution is -0.119. The van der Waals surface area contributed by atoms with Gasteiger partial charge >= 0.3 is 0 Å². The number of hydrogen-bond donors (Lipinski definition) is 3. The van der Waals surface area contributed by atoms with E-state index < -0.39 is 0 Å². The smallest absolute Gasteiger partial charge is 0.216 e. The number of anilines is 2. The molecule has 0 aromatic carbocycles. The molecule has 1 saturated carbocycles. The second kappa shape index (κ2) is 11.6. The van der Waals surface area contributed by atoms with Crippen molar-refractivity contribution in [2.75, 3.05) is 36.9 Å². The van der Waals surface area contributed by atoms with E-state index >= 15 is 0 Å². The van der Waals surface area contributed by atoms with E-state index in [9.17, 15) is 4.79 Å². The van der Waals surface area contributed by atoms with Crippen LogP contribution in [0.1, 0.15) is 45.4 Å². The van der Waals surface area contributed by atoms with Gasteiger partial charge in [-0.05, 0) is 56.4 Å². The van der Waals surface area contributed by atoms with Crippen LogP contribution in [0.4, 0.5) is 11.6 Å². The van der Waals surface area contributed by atoms with Crippen molar-refractivity contribution in [3.8, 4) is 11.3 Å². The zero-order valence-corrected chi connectivity index (χ0v) is 19.9. The van der Waals surface area contributed by atoms with Gasteiger partial charge in [-0.25, -0.2) is 9.97 Å². The van der Waals surface area contributed by atoms with Gasteiger partial charge in [-0.2, -0.15) is 0 Å². The summed E-state index contributed by atoms with van der Waals surface area (Å²) in [6.45, 7) is 4.86. The van der Waals surface area contributed by atoms with Gasteiger partial charge in [0.25, 0.3) is 0 Å². The summed E-state index contributed by atoms with van der Waals surface area (Å²) in [5.74, 6) is 2.73. The van der Waals surface area contributed by atoms with E-state index in [0.29, 0.717) is 22.9 Å². The molecule has 2 aliphatic rings. The first-order valence-electron chi connectivity index (χ1n) is 11.9. The Morgan fingerprint density at radius 3 is 2.55 bits per heavy atom. The van der Waals surface area contributed by atoms with E-state index in [1.54, 1.807) is 25.5 Å². The fraction of sp³-hybridized carbons (Fsp3) is 0.583. The number of nitrogens with one attached hydrogen (secondary N) is 3. The molecule has 0 atom stereocenters. The van der Waals surface area contributed by atoms with E-state index in [1.807, 2.05) is 6.07 Å². The molecule has 4 rings (SSSR count). The van der Waals surface area contributed by atoms with Crippen LogP contribution < -0.4 is 16.0 Å². The molecule has 0 unspecified atom stereocenters. The van der Waals surface area contributed by atoms with Crippen LogP contribution in [0.2, 0.25) is 5.02 Å². The van der Waals surface area contributed by atoms with Crippen LogP contribution in [0, 0.1) is 11.8 Å². The maximum atomic E-state index is 11.1. The molecule has 0 radical (unpaired) electrons. The van der Waals surface area contributed by atoms with Crippen molar-refractivity contribution >= 4 is 29.1 Å². The molecule has 0 spiro atoms. The zero-order valence-electron chi connectivity index (χ0n) is 19.1. The number of carbonyl (C=O) groups excluding carboxylic acids is 1. The zero-order chi connectivity index (χ0) is 23.0. The van der Waals surface area contributed by atoms with E-state index in [4.69, 9.17) is 21.3 Å². The third-order valence-corrected chi connectivity index (χ3v) is 6.82. The third-order valence-electron chi connectivity index (χ3n) is 6.52. The standard InChI is InChI=1S/C24H33ClN6O2/c1-16(32)27-11-17-2-4-19(5-3-17)30-23-10-20(21(25)13-29-23)22-14-26-15-24(31-22)28-12-18-6-8-33-9-7-18/h10,13-15,17-19H,2-9,11-12H2,1H3,(H,27,32)(H,28,31)(H,29,30). The topological polar surface area (TPSA) is 101 Å². The lowest BCUT2D eigenvalue weighted by Gasteiger charge is -2.29. The van der Waals surface area contributed by atoms with E-state index in [0.717, 1.165) is 87.7 Å². The number of nitrogens with zero attached hydrogens (tertiary/aromatic N) is 3. The van der Waals surface area contributed by atoms with Gasteiger partial charge in [-0.3, -0.25) is 9.78 Å². The SMILES string of the molecule is CC(=O)NCC1CCC(Nc2cc(-c3cncc(NCC4CCOCC4)n3)c(Cl)cn2)CC1. The predicted molar refractivity (Wildman–Crippen MR) is 130 cm³/mol. The number of pyridine rings is 1. The van der Waals surface area contributed by atoms with Gasteiger partial charge in [0.15, 0.2) is 0 Å². The quantitative estimate of drug-likeness (QED) is 0.530. The Morgan fingerprint density at radius 1 is 1.03 bits per heavy atom. The highest BCUT2D eigenvalue weighted by atomic mass is 35.5. The van der Waals surface area contributed by atoms with Crippen LogP contribution in [0.5, 0.6) is 0 Å². The normalized spacial score (nSPS) is 21.4. The predicted octanol–water partition coefficient (Wildman–Crippen LogP) is 4.14. The minimum absolute atomic E-state index is 0.0408. The van der Waals surface area contributed by atoms with Crippen molar-refractivity contribution < 1.29 is 9.53 Å². The number of aromatic nitrogens is 3. The van der Waals surface area contributed by atoms with Gasteiger partial charge in [-0.15, -0.1) is 0 Å². The fourth-order valence-electron chi connectivity index (χ4n) is 4.50. The number of ether oxygens (including phenoxy) is 1. The summed E-state index contributed by atoms with van der Waals surface area (Å²) in [5.41, 5.74) is 1.54. The Bertz CT molecular complexity index is 929. The lowest BCUT2D eigenvalue weighted by Crippen LogP contribution is -2.33. The maximum absolute atomic E-state index is 11.1. The third kappa shape index (κ3) is 7.01. The maximum Gasteiger partial charge on any atom is 0.216 e. The highest BCUT2D eigenvalue weighted by molar-refractivity contribution is 6.33. The van der Waals surface area contributed by atoms with E-state index in [1.165, 1.54) is 0 Å². The molecule has 9 heteroatoms. The van der Waals surface area contributed by atoms with Crippen LogP contribution in [0.3, 0.4) is 0 Å². The number of amides is 1. The van der Waals surface area contributed by atoms with Gasteiger partial charge in [0.1, 0.15) is 11.6 Å². The first kappa shape index (κ1) is 23.7. The Labute approximate surface area is 200 Å². The van der Waals surface area contributed by atoms with E-state index in [2.05, 4.69) is 25.9 Å². The Hall–Kier alpha value is -2.45. The summed E-state index contributed by atoms with van der Waals surface area (Å²) in [7, 11) is 0. The number of hydrogen-bond acceptors (Lipinski definition) is 7. The van der Waals surface area contributed by atoms with Crippen LogP contribution in [0.15, 0.2) is 24.7 Å². The molecule has 3 heterocycles. The summed E-state index contributed by atoms with van der Waals surface area (Å²) < 4.78 is 5.43. The Balaban J connectivity index is 1.36. The van der Waals surface area contributed by atoms with Crippen molar-refractivity contribution in [3.05, 3.63) is 29.7 Å². The number of rotatable bonds is 8. The minimum Gasteiger partial charge on any atom is -0.381 e. The minimum atomic E-state index is 0.0408. The molecule has 1 amide bonds. The molecular formula is C24H33ClN6O2. The average molecular weight is 473 g/mol. The first-order chi connectivity index (χ1) is 16.1. The summed E-state index contributed by atoms with van der Waals surface area (Å²) in [5, 5.41) is 10.5. The second-order valence-electron chi connectivity index (χ2n) is 9.07. The summed E-state index contributed by atoms with van der Waals surface area (Å²) >= 11 is 6.48. The Kier molecular flexibility index (Phi) is 8.34. The molecule has 2 fully saturated rings. The molecule has 178 valence electrons. The van der Waals surface area contributed by atoms with Gasteiger partial charge < -0.3 is 20.7 Å². The molecule has 3 N–H and O–H groups in total. The van der Waals surface area contributed by atoms with Crippen LogP contribution >= 0.6 is 11.6 Å². The average Bonchev–Trinajstić information content (AvgIpc) is 2.84. The lowest BCUT2D eigenvalue weighted by atomic mass is 9.86. The fourth-order valence-corrected chi connectivity index (χ4v) is 4.70. The molecular weight excluding hydrogens is 440 g/mol. The van der Waals surface area contributed by atoms with Gasteiger partial charge in [0, 0.05) is 51.0 Å². The molecule has 2 aromatic heterocycles. The molecule has 8 nitrogen and oxygen atoms in total. The summed E-state index contributed by atoms with van der Waals surface area (Å²) in [6, 6.07) is 2.32. The van der Waals surface area contributed by atoms with Crippen molar-refractivity contribution in [1.82, 2.24) is 20.3 Å². The van der Waals surface area contributed by atoms with Crippen molar-refractivity contribution in [2.45, 2.75) is 51.5 Å². The molecule has 1 aliphatic heterocycles. The molecule has 1 aliphatic carbocycles. The largest absolute Gasteiger partial charge is 0.381 e. The molecule has 33 heavy (non-hydrogen) atoms. The number of carbonyl (C=O) groups is 1. The van der Waals surface area contributed by atoms with Gasteiger partial charge in [-0.1, -0.05) is 11.6 Å². The summed E-state index contributed by atoms with van der Waals surface area (Å²) in [6.07, 6.45) is 11.6. The van der Waals surface area contributed by atoms with Crippen LogP contribution in [-0.4, -0.2) is 53.2 Å². The van der Waals surface area contributed by atoms with Crippen LogP contribution in [0.25, 0.3) is 11.3 Å². The molecule has 1 saturated heterocycles. The van der Waals surface area contributed by atoms with Crippen molar-refractivity contribution in [3.63, 3.8) is 0 Å². The van der Waals surface area contributed by atoms with E-state index in [-0.39, 0.29) is 5.91 Å². The highest BCUT2D eigenvalue weighted by Crippen LogP contribution is 2.30. The summed E-state index contributed by atoms with van der Waals surface area (Å²) in [4.78, 5) is 24.7. The first-order valence-corrected chi connectivity index (χ1v) is 12.2.